The van der Waals surface area contributed by atoms with E-state index in [-0.39, 0.29) is 6.04 Å². The van der Waals surface area contributed by atoms with Gasteiger partial charge in [-0.2, -0.15) is 0 Å². The van der Waals surface area contributed by atoms with E-state index in [1.165, 1.54) is 25.5 Å². The number of aliphatic hydroxyl groups is 1. The second-order valence-corrected chi connectivity index (χ2v) is 6.06. The van der Waals surface area contributed by atoms with Gasteiger partial charge in [-0.15, -0.1) is 0 Å². The molecular formula is C16H25N5O2. The molecule has 2 unspecified atom stereocenters. The van der Waals surface area contributed by atoms with Gasteiger partial charge in [-0.1, -0.05) is 0 Å². The maximum atomic E-state index is 9.32. The molecule has 3 N–H and O–H groups in total. The summed E-state index contributed by atoms with van der Waals surface area (Å²) in [5, 5.41) is 15.8. The van der Waals surface area contributed by atoms with Crippen LogP contribution >= 0.6 is 0 Å². The van der Waals surface area contributed by atoms with Crippen molar-refractivity contribution in [2.45, 2.75) is 51.2 Å². The Balaban J connectivity index is 1.69. The first kappa shape index (κ1) is 16.3. The Kier molecular flexibility index (Phi) is 5.22. The van der Waals surface area contributed by atoms with E-state index >= 15 is 0 Å². The molecule has 126 valence electrons. The molecule has 23 heavy (non-hydrogen) atoms. The molecule has 1 fully saturated rings. The zero-order valence-corrected chi connectivity index (χ0v) is 13.7. The minimum Gasteiger partial charge on any atom is -0.356 e. The normalized spacial score (nSPS) is 17.5. The van der Waals surface area contributed by atoms with Crippen molar-refractivity contribution in [3.8, 4) is 0 Å². The molecule has 0 saturated heterocycles. The van der Waals surface area contributed by atoms with Gasteiger partial charge in [0.05, 0.1) is 0 Å². The van der Waals surface area contributed by atoms with Crippen molar-refractivity contribution in [3.63, 3.8) is 0 Å². The lowest BCUT2D eigenvalue weighted by atomic mass is 10.1. The van der Waals surface area contributed by atoms with E-state index < -0.39 is 6.41 Å². The fourth-order valence-electron chi connectivity index (χ4n) is 2.77. The van der Waals surface area contributed by atoms with Crippen molar-refractivity contribution in [3.05, 3.63) is 24.2 Å². The smallest absolute Gasteiger partial charge is 0.213 e. The summed E-state index contributed by atoms with van der Waals surface area (Å²) in [5.41, 5.74) is 3.09. The van der Waals surface area contributed by atoms with Crippen LogP contribution in [-0.4, -0.2) is 45.8 Å². The Labute approximate surface area is 136 Å². The molecule has 0 aliphatic heterocycles. The summed E-state index contributed by atoms with van der Waals surface area (Å²) < 4.78 is 6.90. The van der Waals surface area contributed by atoms with Crippen LogP contribution in [0.5, 0.6) is 0 Å². The largest absolute Gasteiger partial charge is 0.356 e. The van der Waals surface area contributed by atoms with Gasteiger partial charge in [-0.25, -0.2) is 4.98 Å². The highest BCUT2D eigenvalue weighted by Crippen LogP contribution is 2.28. The predicted molar refractivity (Wildman–Crippen MR) is 87.7 cm³/mol. The molecule has 1 saturated carbocycles. The lowest BCUT2D eigenvalue weighted by Crippen LogP contribution is -2.31. The topological polar surface area (TPSA) is 84.2 Å². The number of rotatable bonds is 9. The second kappa shape index (κ2) is 7.35. The fourth-order valence-corrected chi connectivity index (χ4v) is 2.77. The van der Waals surface area contributed by atoms with Gasteiger partial charge in [0, 0.05) is 56.4 Å². The summed E-state index contributed by atoms with van der Waals surface area (Å²) in [4.78, 5) is 9.01. The van der Waals surface area contributed by atoms with Crippen LogP contribution in [-0.2, 0) is 11.3 Å². The van der Waals surface area contributed by atoms with Crippen LogP contribution in [0.3, 0.4) is 0 Å². The van der Waals surface area contributed by atoms with E-state index in [9.17, 15) is 5.11 Å². The van der Waals surface area contributed by atoms with Gasteiger partial charge >= 0.3 is 0 Å². The summed E-state index contributed by atoms with van der Waals surface area (Å²) in [5.74, 6) is 0. The number of aliphatic hydroxyl groups excluding tert-OH is 1. The lowest BCUT2D eigenvalue weighted by Gasteiger charge is -2.11. The minimum atomic E-state index is -0.908. The standard InChI is InChI=1S/C16H25N5O2/c1-11(20-12-4-5-12)13-10-21(9-3-6-19-16(22)23-2)15-14(13)17-7-8-18-15/h7-8,10-12,16,19-20,22H,3-6,9H2,1-2H3. The quantitative estimate of drug-likeness (QED) is 0.475. The van der Waals surface area contributed by atoms with Crippen molar-refractivity contribution in [2.75, 3.05) is 13.7 Å². The zero-order chi connectivity index (χ0) is 16.2. The molecule has 0 radical (unpaired) electrons. The molecule has 2 heterocycles. The zero-order valence-electron chi connectivity index (χ0n) is 13.7. The molecule has 2 aromatic heterocycles. The molecule has 1 aliphatic rings. The Morgan fingerprint density at radius 3 is 2.91 bits per heavy atom. The van der Waals surface area contributed by atoms with E-state index in [2.05, 4.69) is 38.3 Å². The molecule has 0 aromatic carbocycles. The highest BCUT2D eigenvalue weighted by atomic mass is 16.6. The fraction of sp³-hybridized carbons (Fsp3) is 0.625. The van der Waals surface area contributed by atoms with E-state index in [4.69, 9.17) is 4.74 Å². The molecule has 7 nitrogen and oxygen atoms in total. The highest BCUT2D eigenvalue weighted by molar-refractivity contribution is 5.76. The Morgan fingerprint density at radius 2 is 2.17 bits per heavy atom. The third kappa shape index (κ3) is 4.06. The minimum absolute atomic E-state index is 0.274. The first-order chi connectivity index (χ1) is 11.2. The number of ether oxygens (including phenoxy) is 1. The summed E-state index contributed by atoms with van der Waals surface area (Å²) >= 11 is 0. The summed E-state index contributed by atoms with van der Waals surface area (Å²) in [6, 6.07) is 0.927. The number of fused-ring (bicyclic) bond motifs is 1. The second-order valence-electron chi connectivity index (χ2n) is 6.06. The number of hydrogen-bond acceptors (Lipinski definition) is 6. The molecule has 1 aliphatic carbocycles. The molecule has 0 spiro atoms. The van der Waals surface area contributed by atoms with Crippen LogP contribution < -0.4 is 10.6 Å². The number of nitrogens with one attached hydrogen (secondary N) is 2. The Morgan fingerprint density at radius 1 is 1.39 bits per heavy atom. The first-order valence-electron chi connectivity index (χ1n) is 8.19. The molecule has 2 atom stereocenters. The van der Waals surface area contributed by atoms with Gasteiger partial charge < -0.3 is 19.7 Å². The van der Waals surface area contributed by atoms with Crippen LogP contribution in [0.25, 0.3) is 11.2 Å². The number of methoxy groups -OCH3 is 1. The third-order valence-electron chi connectivity index (χ3n) is 4.17. The molecular weight excluding hydrogens is 294 g/mol. The average Bonchev–Trinajstić information content (AvgIpc) is 3.30. The van der Waals surface area contributed by atoms with Crippen molar-refractivity contribution >= 4 is 11.2 Å². The van der Waals surface area contributed by atoms with Crippen molar-refractivity contribution < 1.29 is 9.84 Å². The summed E-state index contributed by atoms with van der Waals surface area (Å²) in [6.45, 7) is 3.66. The molecule has 2 aromatic rings. The number of nitrogens with zero attached hydrogens (tertiary/aromatic N) is 3. The van der Waals surface area contributed by atoms with Gasteiger partial charge in [-0.05, 0) is 26.2 Å². The summed E-state index contributed by atoms with van der Waals surface area (Å²) in [7, 11) is 1.47. The lowest BCUT2D eigenvalue weighted by molar-refractivity contribution is -0.0964. The van der Waals surface area contributed by atoms with Crippen LogP contribution in [0, 0.1) is 0 Å². The number of hydrogen-bond donors (Lipinski definition) is 3. The molecule has 0 amide bonds. The van der Waals surface area contributed by atoms with Crippen LogP contribution in [0.15, 0.2) is 18.6 Å². The van der Waals surface area contributed by atoms with E-state index in [1.807, 2.05) is 0 Å². The van der Waals surface area contributed by atoms with Crippen molar-refractivity contribution in [2.24, 2.45) is 0 Å². The molecule has 7 heteroatoms. The van der Waals surface area contributed by atoms with Crippen molar-refractivity contribution in [1.29, 1.82) is 0 Å². The third-order valence-corrected chi connectivity index (χ3v) is 4.17. The summed E-state index contributed by atoms with van der Waals surface area (Å²) in [6.07, 6.45) is 8.12. The first-order valence-corrected chi connectivity index (χ1v) is 8.19. The van der Waals surface area contributed by atoms with Crippen LogP contribution in [0.4, 0.5) is 0 Å². The van der Waals surface area contributed by atoms with E-state index in [1.54, 1.807) is 12.4 Å². The number of aromatic nitrogens is 3. The average molecular weight is 319 g/mol. The molecule has 3 rings (SSSR count). The molecule has 0 bridgehead atoms. The van der Waals surface area contributed by atoms with Gasteiger partial charge in [0.2, 0.25) is 6.41 Å². The van der Waals surface area contributed by atoms with Gasteiger partial charge in [0.1, 0.15) is 5.52 Å². The maximum Gasteiger partial charge on any atom is 0.213 e. The predicted octanol–water partition coefficient (Wildman–Crippen LogP) is 1.15. The van der Waals surface area contributed by atoms with Gasteiger partial charge in [-0.3, -0.25) is 10.3 Å². The Hall–Kier alpha value is -1.54. The SMILES string of the molecule is COC(O)NCCCn1cc(C(C)NC2CC2)c2nccnc21. The van der Waals surface area contributed by atoms with Crippen LogP contribution in [0.2, 0.25) is 0 Å². The van der Waals surface area contributed by atoms with Crippen molar-refractivity contribution in [1.82, 2.24) is 25.2 Å². The maximum absolute atomic E-state index is 9.32. The highest BCUT2D eigenvalue weighted by Gasteiger charge is 2.25. The van der Waals surface area contributed by atoms with Crippen LogP contribution in [0.1, 0.15) is 37.8 Å². The van der Waals surface area contributed by atoms with Gasteiger partial charge in [0.15, 0.2) is 5.65 Å². The Bertz CT molecular complexity index is 640. The van der Waals surface area contributed by atoms with Gasteiger partial charge in [0.25, 0.3) is 0 Å². The van der Waals surface area contributed by atoms with E-state index in [0.29, 0.717) is 12.6 Å². The number of aryl methyl sites for hydroxylation is 1. The monoisotopic (exact) mass is 319 g/mol. The van der Waals surface area contributed by atoms with E-state index in [0.717, 1.165) is 24.1 Å².